The van der Waals surface area contributed by atoms with Crippen LogP contribution in [0.2, 0.25) is 0 Å². The SMILES string of the molecule is CC(C)N1CCN(c2c(F)cc3c(=O)c(C(=O)O)cn(CCF)c3c2F)CC1C.CC(C)c1c(F)cc2c(=O)c(C(=O)O)cn(CCF)c2c1F.CC(C)c1c(F)cc2c(=O)c(C(=O)O)cn3c2c1CCC3C.CCn1cc(C(=O)O)c(=O)c2cc(F)c(C(C)C)cc21.CCn1cc(C(=O)O)c(=O)c2cc(F)c(N3CCN(C(C)C)CC3)cc21.CCn1cc(C(=O)O)c(=O)c2cc(F)c(N3CCN(C(C)C)CC3)nc21. The molecule has 2 atom stereocenters. The zero-order valence-electron chi connectivity index (χ0n) is 83.5. The number of benzene rings is 5. The normalized spacial score (nSPS) is 15.2. The number of carbonyl (C=O) groups is 6. The number of anilines is 3. The maximum absolute atomic E-state index is 15.5. The number of pyridine rings is 7. The molecule has 0 bridgehead atoms. The summed E-state index contributed by atoms with van der Waals surface area (Å²) in [5, 5.41) is 54.5. The van der Waals surface area contributed by atoms with Gasteiger partial charge in [0.1, 0.15) is 87.2 Å². The summed E-state index contributed by atoms with van der Waals surface area (Å²) in [5.74, 6) is -14.3. The zero-order chi connectivity index (χ0) is 107. The van der Waals surface area contributed by atoms with Crippen LogP contribution in [0.15, 0.2) is 114 Å². The molecule has 2 unspecified atom stereocenters. The van der Waals surface area contributed by atoms with Crippen molar-refractivity contribution >= 4 is 119 Å². The summed E-state index contributed by atoms with van der Waals surface area (Å²) in [5.41, 5.74) is -3.74. The van der Waals surface area contributed by atoms with Crippen molar-refractivity contribution in [3.63, 3.8) is 0 Å². The number of alkyl halides is 2. The van der Waals surface area contributed by atoms with Crippen LogP contribution in [0.1, 0.15) is 232 Å². The highest BCUT2D eigenvalue weighted by atomic mass is 19.2. The molecule has 12 aromatic rings. The molecule has 3 saturated heterocycles. The van der Waals surface area contributed by atoms with E-state index in [0.29, 0.717) is 129 Å². The highest BCUT2D eigenvalue weighted by molar-refractivity contribution is 5.98. The van der Waals surface area contributed by atoms with Gasteiger partial charge in [-0.05, 0) is 172 Å². The van der Waals surface area contributed by atoms with E-state index in [-0.39, 0.29) is 109 Å². The fraction of sp³-hybridized carbons (Fsp3) is 0.433. The van der Waals surface area contributed by atoms with E-state index in [1.54, 1.807) is 44.6 Å². The van der Waals surface area contributed by atoms with Crippen LogP contribution in [0.25, 0.3) is 65.5 Å². The molecule has 778 valence electrons. The molecule has 0 amide bonds. The summed E-state index contributed by atoms with van der Waals surface area (Å²) in [7, 11) is 0. The summed E-state index contributed by atoms with van der Waals surface area (Å²) in [6.07, 6.45) is 8.64. The summed E-state index contributed by atoms with van der Waals surface area (Å²) < 4.78 is 151. The molecule has 5 aromatic carbocycles. The van der Waals surface area contributed by atoms with Crippen LogP contribution in [0, 0.1) is 46.5 Å². The lowest BCUT2D eigenvalue weighted by molar-refractivity contribution is 0.0683. The van der Waals surface area contributed by atoms with Gasteiger partial charge in [-0.3, -0.25) is 43.5 Å². The van der Waals surface area contributed by atoms with E-state index < -0.39 is 156 Å². The third-order valence-corrected chi connectivity index (χ3v) is 26.8. The van der Waals surface area contributed by atoms with Crippen LogP contribution < -0.4 is 47.3 Å². The minimum absolute atomic E-state index is 0.00573. The molecule has 145 heavy (non-hydrogen) atoms. The largest absolute Gasteiger partial charge is 0.477 e. The maximum Gasteiger partial charge on any atom is 0.341 e. The molecule has 11 heterocycles. The Morgan fingerprint density at radius 2 is 0.745 bits per heavy atom. The van der Waals surface area contributed by atoms with E-state index >= 15 is 4.39 Å². The Bertz CT molecular complexity index is 7320. The number of aromatic carboxylic acids is 6. The lowest BCUT2D eigenvalue weighted by atomic mass is 9.87. The first-order chi connectivity index (χ1) is 68.3. The summed E-state index contributed by atoms with van der Waals surface area (Å²) >= 11 is 0. The second-order valence-corrected chi connectivity index (χ2v) is 37.7. The minimum atomic E-state index is -1.53. The Labute approximate surface area is 825 Å². The number of carboxylic acids is 6. The molecule has 7 aromatic heterocycles. The van der Waals surface area contributed by atoms with Crippen molar-refractivity contribution < 1.29 is 103 Å². The third-order valence-electron chi connectivity index (χ3n) is 26.8. The first kappa shape index (κ1) is 111. The Morgan fingerprint density at radius 3 is 1.17 bits per heavy atom. The topological polar surface area (TPSA) is 388 Å². The van der Waals surface area contributed by atoms with Gasteiger partial charge in [0.15, 0.2) is 23.3 Å². The number of rotatable bonds is 22. The third kappa shape index (κ3) is 23.0. The lowest BCUT2D eigenvalue weighted by Crippen LogP contribution is -2.54. The number of hydrogen-bond acceptors (Lipinski definition) is 19. The Morgan fingerprint density at radius 1 is 0.372 bits per heavy atom. The highest BCUT2D eigenvalue weighted by Crippen LogP contribution is 2.39. The van der Waals surface area contributed by atoms with Gasteiger partial charge in [-0.15, -0.1) is 0 Å². The number of fused-ring (bicyclic) bond motifs is 5. The second-order valence-electron chi connectivity index (χ2n) is 37.7. The molecule has 0 spiro atoms. The fourth-order valence-corrected chi connectivity index (χ4v) is 19.2. The van der Waals surface area contributed by atoms with Crippen molar-refractivity contribution in [2.24, 2.45) is 0 Å². The van der Waals surface area contributed by atoms with Crippen molar-refractivity contribution in [3.05, 3.63) is 249 Å². The van der Waals surface area contributed by atoms with E-state index in [1.165, 1.54) is 36.9 Å². The van der Waals surface area contributed by atoms with Crippen molar-refractivity contribution in [2.75, 3.05) is 100 Å². The number of halogens is 10. The number of aryl methyl sites for hydroxylation is 6. The van der Waals surface area contributed by atoms with E-state index in [4.69, 9.17) is 10.2 Å². The van der Waals surface area contributed by atoms with Crippen molar-refractivity contribution in [2.45, 2.75) is 211 Å². The average Bonchev–Trinajstić information content (AvgIpc) is 0.726. The number of hydrogen-bond donors (Lipinski definition) is 6. The molecule has 41 heteroatoms. The first-order valence-electron chi connectivity index (χ1n) is 47.8. The number of nitrogens with zero attached hydrogens (tertiary/aromatic N) is 13. The predicted octanol–water partition coefficient (Wildman–Crippen LogP) is 16.6. The van der Waals surface area contributed by atoms with Crippen LogP contribution in [0.3, 0.4) is 0 Å². The smallest absolute Gasteiger partial charge is 0.341 e. The Balaban J connectivity index is 0.000000166. The summed E-state index contributed by atoms with van der Waals surface area (Å²) in [4.78, 5) is 158. The van der Waals surface area contributed by atoms with Crippen LogP contribution in [0.5, 0.6) is 0 Å². The second kappa shape index (κ2) is 46.3. The van der Waals surface area contributed by atoms with E-state index in [0.717, 1.165) is 84.0 Å². The van der Waals surface area contributed by atoms with Gasteiger partial charge >= 0.3 is 35.8 Å². The standard InChI is InChI=1S/C20H24F3N3O3.C19H24FN3O3.C18H23FN4O3.C17H18FNO3.C15H14F3NO3.C15H16FNO3/c1-11(2)26-7-6-25(9-12(26)3)18-15(22)8-13-17(16(18)23)24(5-4-21)10-14(19(13)27)20(28)29;1-4-21-11-14(19(25)26)18(24)13-9-15(20)17(10-16(13)21)23-7-5-22(6-8-23)12(2)3;1-4-21-10-13(18(25)26)15(24)12-9-14(19)17(20-16(12)21)23-7-5-22(6-8-23)11(2)3;1-8(2)14-10-5-4-9(3)19-7-12(17(21)22)16(20)11(15(10)19)6-13(14)18;1-7(2)11-10(17)5-8-13(12(11)18)19(4-3-16)6-9(14(8)20)15(21)22;1-4-17-7-11(15(19)20)14(18)10-5-12(16)9(8(2)3)6-13(10)17/h8,10-12H,4-7,9H2,1-3H3,(H,28,29);9-12H,4-8H2,1-3H3,(H,25,26);9-11H,4-8H2,1-3H3,(H,25,26);6-9H,4-5H2,1-3H3,(H,21,22);5-7H,3-4H2,1-2H3,(H,21,22);5-8H,4H2,1-3H3,(H,19,20). The quantitative estimate of drug-likeness (QED) is 0.0343. The van der Waals surface area contributed by atoms with Gasteiger partial charge in [0, 0.05) is 181 Å². The number of carboxylic acid groups (broad SMARTS) is 6. The van der Waals surface area contributed by atoms with Gasteiger partial charge in [-0.25, -0.2) is 77.7 Å². The van der Waals surface area contributed by atoms with Crippen molar-refractivity contribution in [3.8, 4) is 0 Å². The Kier molecular flexibility index (Phi) is 35.5. The van der Waals surface area contributed by atoms with Crippen LogP contribution in [0.4, 0.5) is 61.1 Å². The number of piperazine rings is 3. The van der Waals surface area contributed by atoms with Crippen molar-refractivity contribution in [1.82, 2.24) is 47.1 Å². The van der Waals surface area contributed by atoms with Gasteiger partial charge in [0.05, 0.1) is 62.5 Å². The first-order valence-corrected chi connectivity index (χ1v) is 47.8. The van der Waals surface area contributed by atoms with E-state index in [2.05, 4.69) is 61.2 Å². The van der Waals surface area contributed by atoms with Gasteiger partial charge in [-0.2, -0.15) is 0 Å². The van der Waals surface area contributed by atoms with E-state index in [9.17, 15) is 117 Å². The molecule has 4 aliphatic heterocycles. The van der Waals surface area contributed by atoms with Gasteiger partial charge in [0.25, 0.3) is 0 Å². The van der Waals surface area contributed by atoms with Crippen LogP contribution >= 0.6 is 0 Å². The van der Waals surface area contributed by atoms with Gasteiger partial charge < -0.3 is 72.7 Å². The van der Waals surface area contributed by atoms with Crippen LogP contribution in [-0.2, 0) is 39.1 Å². The molecule has 0 radical (unpaired) electrons. The molecule has 0 saturated carbocycles. The molecule has 31 nitrogen and oxygen atoms in total. The summed E-state index contributed by atoms with van der Waals surface area (Å²) in [6, 6.07) is 11.0. The average molecular weight is 2030 g/mol. The zero-order valence-corrected chi connectivity index (χ0v) is 83.5. The molecule has 6 N–H and O–H groups in total. The predicted molar refractivity (Wildman–Crippen MR) is 534 cm³/mol. The number of aromatic nitrogens is 7. The highest BCUT2D eigenvalue weighted by Gasteiger charge is 2.35. The lowest BCUT2D eigenvalue weighted by Gasteiger charge is -2.43. The molecular formula is C104H119F10N13O18. The van der Waals surface area contributed by atoms with Crippen molar-refractivity contribution in [1.29, 1.82) is 0 Å². The van der Waals surface area contributed by atoms with Gasteiger partial charge in [0.2, 0.25) is 32.6 Å². The molecule has 4 aliphatic rings. The molecule has 16 rings (SSSR count). The fourth-order valence-electron chi connectivity index (χ4n) is 19.2. The Hall–Kier alpha value is -14.1. The van der Waals surface area contributed by atoms with Gasteiger partial charge in [-0.1, -0.05) is 41.5 Å². The monoisotopic (exact) mass is 2030 g/mol. The minimum Gasteiger partial charge on any atom is -0.477 e. The summed E-state index contributed by atoms with van der Waals surface area (Å²) in [6.45, 7) is 39.3. The molecule has 0 aliphatic carbocycles. The van der Waals surface area contributed by atoms with E-state index in [1.807, 2.05) is 76.7 Å². The van der Waals surface area contributed by atoms with Crippen LogP contribution in [-0.4, -0.2) is 223 Å². The molecular weight excluding hydrogens is 1910 g/mol. The maximum atomic E-state index is 15.5. The molecule has 3 fully saturated rings.